The summed E-state index contributed by atoms with van der Waals surface area (Å²) in [6.07, 6.45) is 0. The third kappa shape index (κ3) is 3.44. The van der Waals surface area contributed by atoms with Crippen LogP contribution in [0.1, 0.15) is 11.6 Å². The molecule has 0 heterocycles. The zero-order valence-corrected chi connectivity index (χ0v) is 13.1. The van der Waals surface area contributed by atoms with Gasteiger partial charge in [0.25, 0.3) is 0 Å². The molecule has 1 unspecified atom stereocenters. The van der Waals surface area contributed by atoms with Crippen LogP contribution in [-0.4, -0.2) is 7.11 Å². The second kappa shape index (κ2) is 6.65. The van der Waals surface area contributed by atoms with E-state index in [0.29, 0.717) is 5.02 Å². The van der Waals surface area contributed by atoms with Gasteiger partial charge in [-0.05, 0) is 30.3 Å². The number of nitriles is 1. The topological polar surface area (TPSA) is 45.0 Å². The lowest BCUT2D eigenvalue weighted by Crippen LogP contribution is -2.09. The number of anilines is 1. The normalized spacial score (nSPS) is 11.5. The quantitative estimate of drug-likeness (QED) is 0.861. The Labute approximate surface area is 131 Å². The Morgan fingerprint density at radius 2 is 2.10 bits per heavy atom. The van der Waals surface area contributed by atoms with Crippen LogP contribution < -0.4 is 10.1 Å². The molecule has 20 heavy (non-hydrogen) atoms. The van der Waals surface area contributed by atoms with Crippen molar-refractivity contribution in [1.29, 1.82) is 5.26 Å². The maximum atomic E-state index is 9.37. The zero-order chi connectivity index (χ0) is 14.5. The molecule has 2 aromatic carbocycles. The Hall–Kier alpha value is -1.70. The molecule has 0 spiro atoms. The van der Waals surface area contributed by atoms with Gasteiger partial charge in [0, 0.05) is 26.8 Å². The van der Waals surface area contributed by atoms with Gasteiger partial charge >= 0.3 is 0 Å². The van der Waals surface area contributed by atoms with Crippen LogP contribution in [0.4, 0.5) is 5.69 Å². The van der Waals surface area contributed by atoms with Gasteiger partial charge in [-0.15, -0.1) is 0 Å². The van der Waals surface area contributed by atoms with Gasteiger partial charge in [-0.3, -0.25) is 0 Å². The fraction of sp³-hybridized carbons (Fsp3) is 0.133. The third-order valence-electron chi connectivity index (χ3n) is 2.78. The van der Waals surface area contributed by atoms with E-state index in [2.05, 4.69) is 27.3 Å². The lowest BCUT2D eigenvalue weighted by Gasteiger charge is -2.15. The number of rotatable bonds is 4. The molecule has 0 aliphatic heterocycles. The molecule has 0 aliphatic carbocycles. The van der Waals surface area contributed by atoms with Crippen LogP contribution in [-0.2, 0) is 0 Å². The number of hydrogen-bond acceptors (Lipinski definition) is 3. The molecule has 0 aliphatic rings. The van der Waals surface area contributed by atoms with E-state index < -0.39 is 6.04 Å². The van der Waals surface area contributed by atoms with E-state index in [1.165, 1.54) is 0 Å². The summed E-state index contributed by atoms with van der Waals surface area (Å²) in [5, 5.41) is 13.1. The second-order valence-corrected chi connectivity index (χ2v) is 5.40. The first-order valence-electron chi connectivity index (χ1n) is 5.89. The highest BCUT2D eigenvalue weighted by Crippen LogP contribution is 2.29. The fourth-order valence-electron chi connectivity index (χ4n) is 1.79. The van der Waals surface area contributed by atoms with E-state index in [1.54, 1.807) is 19.2 Å². The van der Waals surface area contributed by atoms with Gasteiger partial charge in [-0.1, -0.05) is 33.6 Å². The van der Waals surface area contributed by atoms with Crippen molar-refractivity contribution in [1.82, 2.24) is 0 Å². The lowest BCUT2D eigenvalue weighted by molar-refractivity contribution is 0.415. The molecule has 0 aromatic heterocycles. The zero-order valence-electron chi connectivity index (χ0n) is 10.7. The SMILES string of the molecule is COc1cccc(NC(C#N)c2cc(Cl)ccc2Br)c1. The number of benzene rings is 2. The predicted molar refractivity (Wildman–Crippen MR) is 84.1 cm³/mol. The first kappa shape index (κ1) is 14.7. The van der Waals surface area contributed by atoms with Gasteiger partial charge in [0.2, 0.25) is 0 Å². The molecule has 0 radical (unpaired) electrons. The van der Waals surface area contributed by atoms with Gasteiger partial charge in [0.15, 0.2) is 0 Å². The van der Waals surface area contributed by atoms with E-state index in [4.69, 9.17) is 16.3 Å². The third-order valence-corrected chi connectivity index (χ3v) is 3.74. The minimum atomic E-state index is -0.504. The average Bonchev–Trinajstić information content (AvgIpc) is 2.47. The minimum Gasteiger partial charge on any atom is -0.497 e. The van der Waals surface area contributed by atoms with Crippen LogP contribution in [0.15, 0.2) is 46.9 Å². The minimum absolute atomic E-state index is 0.504. The van der Waals surface area contributed by atoms with Crippen molar-refractivity contribution in [2.24, 2.45) is 0 Å². The predicted octanol–water partition coefficient (Wildman–Crippen LogP) is 4.79. The number of halogens is 2. The van der Waals surface area contributed by atoms with E-state index in [0.717, 1.165) is 21.5 Å². The summed E-state index contributed by atoms with van der Waals surface area (Å²) in [4.78, 5) is 0. The summed E-state index contributed by atoms with van der Waals surface area (Å²) in [6.45, 7) is 0. The van der Waals surface area contributed by atoms with Crippen molar-refractivity contribution in [2.75, 3.05) is 12.4 Å². The standard InChI is InChI=1S/C15H12BrClN2O/c1-20-12-4-2-3-11(8-12)19-15(9-18)13-7-10(17)5-6-14(13)16/h2-8,15,19H,1H3. The highest BCUT2D eigenvalue weighted by atomic mass is 79.9. The van der Waals surface area contributed by atoms with Crippen molar-refractivity contribution in [3.05, 3.63) is 57.5 Å². The van der Waals surface area contributed by atoms with E-state index in [-0.39, 0.29) is 0 Å². The molecule has 0 saturated carbocycles. The monoisotopic (exact) mass is 350 g/mol. The number of hydrogen-bond donors (Lipinski definition) is 1. The highest BCUT2D eigenvalue weighted by molar-refractivity contribution is 9.10. The van der Waals surface area contributed by atoms with Crippen LogP contribution in [0.3, 0.4) is 0 Å². The highest BCUT2D eigenvalue weighted by Gasteiger charge is 2.14. The van der Waals surface area contributed by atoms with Gasteiger partial charge < -0.3 is 10.1 Å². The summed E-state index contributed by atoms with van der Waals surface area (Å²) in [5.41, 5.74) is 1.60. The number of ether oxygens (including phenoxy) is 1. The van der Waals surface area contributed by atoms with Crippen LogP contribution in [0, 0.1) is 11.3 Å². The molecule has 0 bridgehead atoms. The molecule has 1 N–H and O–H groups in total. The van der Waals surface area contributed by atoms with Crippen LogP contribution in [0.2, 0.25) is 5.02 Å². The Balaban J connectivity index is 2.29. The maximum absolute atomic E-state index is 9.37. The fourth-order valence-corrected chi connectivity index (χ4v) is 2.45. The molecule has 0 amide bonds. The van der Waals surface area contributed by atoms with Gasteiger partial charge in [0.1, 0.15) is 11.8 Å². The van der Waals surface area contributed by atoms with Crippen molar-refractivity contribution < 1.29 is 4.74 Å². The molecule has 102 valence electrons. The van der Waals surface area contributed by atoms with Gasteiger partial charge in [-0.25, -0.2) is 0 Å². The molecule has 1 atom stereocenters. The van der Waals surface area contributed by atoms with Gasteiger partial charge in [-0.2, -0.15) is 5.26 Å². The summed E-state index contributed by atoms with van der Waals surface area (Å²) in [5.74, 6) is 0.733. The number of methoxy groups -OCH3 is 1. The molecule has 3 nitrogen and oxygen atoms in total. The number of nitrogens with one attached hydrogen (secondary N) is 1. The van der Waals surface area contributed by atoms with Crippen LogP contribution >= 0.6 is 27.5 Å². The van der Waals surface area contributed by atoms with Crippen molar-refractivity contribution in [3.8, 4) is 11.8 Å². The largest absolute Gasteiger partial charge is 0.497 e. The molecule has 2 aromatic rings. The Morgan fingerprint density at radius 1 is 1.30 bits per heavy atom. The van der Waals surface area contributed by atoms with Crippen molar-refractivity contribution in [2.45, 2.75) is 6.04 Å². The van der Waals surface area contributed by atoms with Crippen LogP contribution in [0.25, 0.3) is 0 Å². The van der Waals surface area contributed by atoms with E-state index >= 15 is 0 Å². The van der Waals surface area contributed by atoms with E-state index in [1.807, 2.05) is 30.3 Å². The average molecular weight is 352 g/mol. The summed E-state index contributed by atoms with van der Waals surface area (Å²) in [7, 11) is 1.61. The maximum Gasteiger partial charge on any atom is 0.141 e. The summed E-state index contributed by atoms with van der Waals surface area (Å²) < 4.78 is 6.00. The lowest BCUT2D eigenvalue weighted by atomic mass is 10.1. The summed E-state index contributed by atoms with van der Waals surface area (Å²) in [6, 6.07) is 14.5. The van der Waals surface area contributed by atoms with Crippen molar-refractivity contribution >= 4 is 33.2 Å². The summed E-state index contributed by atoms with van der Waals surface area (Å²) >= 11 is 9.43. The Kier molecular flexibility index (Phi) is 4.89. The van der Waals surface area contributed by atoms with E-state index in [9.17, 15) is 5.26 Å². The Morgan fingerprint density at radius 3 is 2.80 bits per heavy atom. The molecular weight excluding hydrogens is 340 g/mol. The molecule has 5 heteroatoms. The second-order valence-electron chi connectivity index (χ2n) is 4.10. The Bertz CT molecular complexity index is 655. The first-order valence-corrected chi connectivity index (χ1v) is 7.06. The van der Waals surface area contributed by atoms with Crippen LogP contribution in [0.5, 0.6) is 5.75 Å². The molecule has 2 rings (SSSR count). The molecule has 0 fully saturated rings. The molecule has 0 saturated heterocycles. The first-order chi connectivity index (χ1) is 9.63. The smallest absolute Gasteiger partial charge is 0.141 e. The van der Waals surface area contributed by atoms with Gasteiger partial charge in [0.05, 0.1) is 13.2 Å². The molecular formula is C15H12BrClN2O. The van der Waals surface area contributed by atoms with Crippen molar-refractivity contribution in [3.63, 3.8) is 0 Å². The number of nitrogens with zero attached hydrogens (tertiary/aromatic N) is 1.